The van der Waals surface area contributed by atoms with Crippen LogP contribution in [0, 0.1) is 5.92 Å². The normalized spacial score (nSPS) is 16.9. The number of amides is 1. The van der Waals surface area contributed by atoms with Crippen LogP contribution in [-0.4, -0.2) is 51.4 Å². The van der Waals surface area contributed by atoms with E-state index in [1.807, 2.05) is 0 Å². The second-order valence-electron chi connectivity index (χ2n) is 7.28. The predicted octanol–water partition coefficient (Wildman–Crippen LogP) is 3.56. The molecule has 1 aliphatic rings. The van der Waals surface area contributed by atoms with Gasteiger partial charge in [0, 0.05) is 13.1 Å². The molecule has 0 radical (unpaired) electrons. The molecule has 0 spiro atoms. The van der Waals surface area contributed by atoms with Crippen molar-refractivity contribution >= 4 is 39.2 Å². The van der Waals surface area contributed by atoms with Gasteiger partial charge in [-0.05, 0) is 62.2 Å². The molecule has 8 nitrogen and oxygen atoms in total. The fourth-order valence-corrected chi connectivity index (χ4v) is 5.22. The Labute approximate surface area is 192 Å². The molecule has 0 bridgehead atoms. The molecular weight excluding hydrogens is 456 g/mol. The van der Waals surface area contributed by atoms with E-state index in [9.17, 15) is 18.0 Å². The van der Waals surface area contributed by atoms with Crippen molar-refractivity contribution in [1.82, 2.24) is 4.31 Å². The predicted molar refractivity (Wildman–Crippen MR) is 121 cm³/mol. The molecule has 32 heavy (non-hydrogen) atoms. The molecule has 1 fully saturated rings. The van der Waals surface area contributed by atoms with Crippen LogP contribution in [0.2, 0.25) is 5.02 Å². The van der Waals surface area contributed by atoms with Crippen LogP contribution >= 0.6 is 11.6 Å². The minimum absolute atomic E-state index is 0.0682. The van der Waals surface area contributed by atoms with Crippen LogP contribution in [0.4, 0.5) is 5.69 Å². The molecule has 1 amide bonds. The molecule has 2 aromatic rings. The number of anilines is 1. The van der Waals surface area contributed by atoms with Gasteiger partial charge in [-0.3, -0.25) is 4.79 Å². The molecule has 1 heterocycles. The second kappa shape index (κ2) is 10.3. The summed E-state index contributed by atoms with van der Waals surface area (Å²) in [5, 5.41) is 2.94. The van der Waals surface area contributed by atoms with Gasteiger partial charge in [-0.1, -0.05) is 11.6 Å². The second-order valence-corrected chi connectivity index (χ2v) is 9.63. The van der Waals surface area contributed by atoms with Gasteiger partial charge in [0.05, 0.1) is 40.8 Å². The zero-order chi connectivity index (χ0) is 23.3. The molecule has 0 aromatic heterocycles. The highest BCUT2D eigenvalue weighted by atomic mass is 35.5. The maximum Gasteiger partial charge on any atom is 0.338 e. The third-order valence-corrected chi connectivity index (χ3v) is 7.38. The number of carbonyl (C=O) groups excluding carboxylic acids is 2. The average molecular weight is 481 g/mol. The Morgan fingerprint density at radius 1 is 1.19 bits per heavy atom. The zero-order valence-corrected chi connectivity index (χ0v) is 19.4. The number of sulfonamides is 1. The molecule has 172 valence electrons. The Morgan fingerprint density at radius 2 is 1.91 bits per heavy atom. The van der Waals surface area contributed by atoms with E-state index in [4.69, 9.17) is 21.1 Å². The van der Waals surface area contributed by atoms with Crippen molar-refractivity contribution in [3.05, 3.63) is 53.1 Å². The number of hydrogen-bond donors (Lipinski definition) is 1. The fourth-order valence-electron chi connectivity index (χ4n) is 3.46. The van der Waals surface area contributed by atoms with E-state index in [-0.39, 0.29) is 34.5 Å². The maximum absolute atomic E-state index is 13.0. The smallest absolute Gasteiger partial charge is 0.338 e. The lowest BCUT2D eigenvalue weighted by molar-refractivity contribution is -0.120. The zero-order valence-electron chi connectivity index (χ0n) is 17.8. The summed E-state index contributed by atoms with van der Waals surface area (Å²) >= 11 is 6.22. The molecule has 0 unspecified atom stereocenters. The monoisotopic (exact) mass is 480 g/mol. The summed E-state index contributed by atoms with van der Waals surface area (Å²) in [6.45, 7) is 2.36. The first kappa shape index (κ1) is 24.0. The first-order valence-electron chi connectivity index (χ1n) is 10.2. The van der Waals surface area contributed by atoms with Gasteiger partial charge in [0.1, 0.15) is 5.75 Å². The number of carbonyl (C=O) groups is 2. The topological polar surface area (TPSA) is 102 Å². The van der Waals surface area contributed by atoms with E-state index in [2.05, 4.69) is 5.32 Å². The highest BCUT2D eigenvalue weighted by molar-refractivity contribution is 7.89. The number of methoxy groups -OCH3 is 1. The van der Waals surface area contributed by atoms with Crippen molar-refractivity contribution in [2.75, 3.05) is 32.1 Å². The number of nitrogens with zero attached hydrogens (tertiary/aromatic N) is 1. The van der Waals surface area contributed by atoms with Gasteiger partial charge in [-0.15, -0.1) is 0 Å². The first-order chi connectivity index (χ1) is 15.3. The van der Waals surface area contributed by atoms with Crippen LogP contribution in [0.5, 0.6) is 5.75 Å². The molecule has 0 aliphatic carbocycles. The van der Waals surface area contributed by atoms with Gasteiger partial charge in [0.25, 0.3) is 0 Å². The van der Waals surface area contributed by atoms with Crippen LogP contribution in [0.3, 0.4) is 0 Å². The molecule has 1 aliphatic heterocycles. The molecular formula is C22H25ClN2O6S. The highest BCUT2D eigenvalue weighted by Crippen LogP contribution is 2.28. The van der Waals surface area contributed by atoms with E-state index in [1.54, 1.807) is 19.1 Å². The molecule has 10 heteroatoms. The van der Waals surface area contributed by atoms with E-state index < -0.39 is 21.9 Å². The highest BCUT2D eigenvalue weighted by Gasteiger charge is 2.33. The lowest BCUT2D eigenvalue weighted by Gasteiger charge is -2.31. The molecule has 1 atom stereocenters. The quantitative estimate of drug-likeness (QED) is 0.608. The van der Waals surface area contributed by atoms with Gasteiger partial charge >= 0.3 is 5.97 Å². The van der Waals surface area contributed by atoms with Crippen LogP contribution in [0.25, 0.3) is 0 Å². The SMILES string of the molecule is CCOC(=O)c1ccc(NC(=O)[C@H]2CCCN(S(=O)(=O)c3ccc(OC)cc3)C2)c(Cl)c1. The van der Waals surface area contributed by atoms with E-state index in [1.165, 1.54) is 41.7 Å². The van der Waals surface area contributed by atoms with Crippen LogP contribution in [0.15, 0.2) is 47.4 Å². The number of piperidine rings is 1. The van der Waals surface area contributed by atoms with Gasteiger partial charge < -0.3 is 14.8 Å². The maximum atomic E-state index is 13.0. The standard InChI is InChI=1S/C22H25ClN2O6S/c1-3-31-22(27)15-6-11-20(19(23)13-15)24-21(26)16-5-4-12-25(14-16)32(28,29)18-9-7-17(30-2)8-10-18/h6-11,13,16H,3-5,12,14H2,1-2H3,(H,24,26)/t16-/m0/s1. The largest absolute Gasteiger partial charge is 0.497 e. The van der Waals surface area contributed by atoms with Crippen molar-refractivity contribution in [3.8, 4) is 5.75 Å². The van der Waals surface area contributed by atoms with Crippen molar-refractivity contribution in [2.24, 2.45) is 5.92 Å². The number of ether oxygens (including phenoxy) is 2. The van der Waals surface area contributed by atoms with Gasteiger partial charge in [-0.2, -0.15) is 4.31 Å². The summed E-state index contributed by atoms with van der Waals surface area (Å²) in [6.07, 6.45) is 1.11. The van der Waals surface area contributed by atoms with E-state index >= 15 is 0 Å². The number of nitrogens with one attached hydrogen (secondary N) is 1. The lowest BCUT2D eigenvalue weighted by Crippen LogP contribution is -2.43. The minimum Gasteiger partial charge on any atom is -0.497 e. The number of rotatable bonds is 7. The van der Waals surface area contributed by atoms with Crippen molar-refractivity contribution in [3.63, 3.8) is 0 Å². The Kier molecular flexibility index (Phi) is 7.76. The number of hydrogen-bond acceptors (Lipinski definition) is 6. The lowest BCUT2D eigenvalue weighted by atomic mass is 9.98. The van der Waals surface area contributed by atoms with Crippen molar-refractivity contribution in [1.29, 1.82) is 0 Å². The van der Waals surface area contributed by atoms with Crippen molar-refractivity contribution in [2.45, 2.75) is 24.7 Å². The summed E-state index contributed by atoms with van der Waals surface area (Å²) in [5.74, 6) is -0.798. The Morgan fingerprint density at radius 3 is 2.53 bits per heavy atom. The Bertz CT molecular complexity index is 1090. The summed E-state index contributed by atoms with van der Waals surface area (Å²) in [4.78, 5) is 24.8. The van der Waals surface area contributed by atoms with Gasteiger partial charge in [-0.25, -0.2) is 13.2 Å². The number of esters is 1. The summed E-state index contributed by atoms with van der Waals surface area (Å²) in [5.41, 5.74) is 0.629. The molecule has 0 saturated carbocycles. The van der Waals surface area contributed by atoms with Gasteiger partial charge in [0.15, 0.2) is 0 Å². The van der Waals surface area contributed by atoms with E-state index in [0.29, 0.717) is 30.8 Å². The average Bonchev–Trinajstić information content (AvgIpc) is 2.80. The van der Waals surface area contributed by atoms with Crippen LogP contribution in [0.1, 0.15) is 30.1 Å². The summed E-state index contributed by atoms with van der Waals surface area (Å²) in [6, 6.07) is 10.6. The Balaban J connectivity index is 1.69. The fraction of sp³-hybridized carbons (Fsp3) is 0.364. The van der Waals surface area contributed by atoms with E-state index in [0.717, 1.165) is 0 Å². The van der Waals surface area contributed by atoms with Crippen LogP contribution < -0.4 is 10.1 Å². The molecule has 3 rings (SSSR count). The minimum atomic E-state index is -3.73. The van der Waals surface area contributed by atoms with Gasteiger partial charge in [0.2, 0.25) is 15.9 Å². The third kappa shape index (κ3) is 5.40. The number of halogens is 1. The summed E-state index contributed by atoms with van der Waals surface area (Å²) < 4.78 is 37.4. The van der Waals surface area contributed by atoms with Crippen molar-refractivity contribution < 1.29 is 27.5 Å². The summed E-state index contributed by atoms with van der Waals surface area (Å²) in [7, 11) is -2.23. The Hall–Kier alpha value is -2.62. The molecule has 2 aromatic carbocycles. The molecule has 1 N–H and O–H groups in total. The first-order valence-corrected chi connectivity index (χ1v) is 12.0. The van der Waals surface area contributed by atoms with Crippen LogP contribution in [-0.2, 0) is 19.6 Å². The third-order valence-electron chi connectivity index (χ3n) is 5.19. The number of benzene rings is 2. The molecule has 1 saturated heterocycles.